The smallest absolute Gasteiger partial charge is 0.238 e. The molecular formula is C14H18N4O. The highest BCUT2D eigenvalue weighted by Gasteiger charge is 2.04. The van der Waals surface area contributed by atoms with Crippen molar-refractivity contribution in [3.8, 4) is 0 Å². The SMILES string of the molecule is Cc1ccccc1NC(=O)CNCc1nccn1C. The van der Waals surface area contributed by atoms with E-state index in [2.05, 4.69) is 15.6 Å². The predicted molar refractivity (Wildman–Crippen MR) is 74.7 cm³/mol. The number of hydrogen-bond acceptors (Lipinski definition) is 3. The van der Waals surface area contributed by atoms with Crippen LogP contribution in [0, 0.1) is 6.92 Å². The number of rotatable bonds is 5. The van der Waals surface area contributed by atoms with Gasteiger partial charge in [0.15, 0.2) is 0 Å². The van der Waals surface area contributed by atoms with E-state index in [1.54, 1.807) is 6.20 Å². The van der Waals surface area contributed by atoms with Crippen molar-refractivity contribution in [2.24, 2.45) is 7.05 Å². The fourth-order valence-electron chi connectivity index (χ4n) is 1.76. The van der Waals surface area contributed by atoms with E-state index < -0.39 is 0 Å². The Bertz CT molecular complexity index is 562. The van der Waals surface area contributed by atoms with Gasteiger partial charge in [-0.3, -0.25) is 4.79 Å². The van der Waals surface area contributed by atoms with Crippen LogP contribution in [0.1, 0.15) is 11.4 Å². The fraction of sp³-hybridized carbons (Fsp3) is 0.286. The fourth-order valence-corrected chi connectivity index (χ4v) is 1.76. The van der Waals surface area contributed by atoms with Crippen LogP contribution in [0.4, 0.5) is 5.69 Å². The third-order valence-electron chi connectivity index (χ3n) is 2.91. The summed E-state index contributed by atoms with van der Waals surface area (Å²) in [5.74, 6) is 0.854. The Hall–Kier alpha value is -2.14. The number of carbonyl (C=O) groups excluding carboxylic acids is 1. The number of benzene rings is 1. The first-order valence-electron chi connectivity index (χ1n) is 6.19. The highest BCUT2D eigenvalue weighted by Crippen LogP contribution is 2.12. The zero-order valence-corrected chi connectivity index (χ0v) is 11.2. The Labute approximate surface area is 112 Å². The van der Waals surface area contributed by atoms with Crippen molar-refractivity contribution in [3.05, 3.63) is 48.0 Å². The molecule has 0 saturated heterocycles. The number of anilines is 1. The summed E-state index contributed by atoms with van der Waals surface area (Å²) < 4.78 is 1.92. The maximum absolute atomic E-state index is 11.8. The number of nitrogens with zero attached hydrogens (tertiary/aromatic N) is 2. The van der Waals surface area contributed by atoms with Gasteiger partial charge in [-0.2, -0.15) is 0 Å². The summed E-state index contributed by atoms with van der Waals surface area (Å²) in [5.41, 5.74) is 1.91. The Morgan fingerprint density at radius 1 is 1.37 bits per heavy atom. The van der Waals surface area contributed by atoms with Crippen LogP contribution >= 0.6 is 0 Å². The second kappa shape index (κ2) is 6.15. The number of para-hydroxylation sites is 1. The summed E-state index contributed by atoms with van der Waals surface area (Å²) in [6.07, 6.45) is 3.62. The summed E-state index contributed by atoms with van der Waals surface area (Å²) >= 11 is 0. The number of nitrogens with one attached hydrogen (secondary N) is 2. The van der Waals surface area contributed by atoms with E-state index in [9.17, 15) is 4.79 Å². The number of carbonyl (C=O) groups is 1. The summed E-state index contributed by atoms with van der Waals surface area (Å²) in [5, 5.41) is 5.95. The lowest BCUT2D eigenvalue weighted by molar-refractivity contribution is -0.115. The molecule has 0 radical (unpaired) electrons. The summed E-state index contributed by atoms with van der Waals surface area (Å²) in [6, 6.07) is 7.72. The molecule has 1 aromatic carbocycles. The molecule has 1 amide bonds. The third-order valence-corrected chi connectivity index (χ3v) is 2.91. The van der Waals surface area contributed by atoms with E-state index in [1.165, 1.54) is 0 Å². The molecule has 1 aromatic heterocycles. The molecule has 0 atom stereocenters. The van der Waals surface area contributed by atoms with E-state index >= 15 is 0 Å². The Balaban J connectivity index is 1.79. The van der Waals surface area contributed by atoms with Gasteiger partial charge in [-0.1, -0.05) is 18.2 Å². The first kappa shape index (κ1) is 13.3. The minimum Gasteiger partial charge on any atom is -0.337 e. The Kier molecular flexibility index (Phi) is 4.30. The quantitative estimate of drug-likeness (QED) is 0.853. The predicted octanol–water partition coefficient (Wildman–Crippen LogP) is 1.46. The average Bonchev–Trinajstić information content (AvgIpc) is 2.78. The van der Waals surface area contributed by atoms with E-state index in [0.717, 1.165) is 17.1 Å². The minimum atomic E-state index is -0.0523. The van der Waals surface area contributed by atoms with Crippen molar-refractivity contribution in [2.75, 3.05) is 11.9 Å². The summed E-state index contributed by atoms with van der Waals surface area (Å²) in [7, 11) is 1.93. The molecule has 0 aliphatic heterocycles. The van der Waals surface area contributed by atoms with Crippen molar-refractivity contribution in [2.45, 2.75) is 13.5 Å². The molecule has 5 nitrogen and oxygen atoms in total. The Morgan fingerprint density at radius 2 is 2.16 bits per heavy atom. The topological polar surface area (TPSA) is 59.0 Å². The lowest BCUT2D eigenvalue weighted by Crippen LogP contribution is -2.28. The highest BCUT2D eigenvalue weighted by atomic mass is 16.1. The van der Waals surface area contributed by atoms with Crippen molar-refractivity contribution in [3.63, 3.8) is 0 Å². The first-order valence-corrected chi connectivity index (χ1v) is 6.19. The number of imidazole rings is 1. The highest BCUT2D eigenvalue weighted by molar-refractivity contribution is 5.92. The molecule has 2 aromatic rings. The maximum atomic E-state index is 11.8. The molecule has 0 bridgehead atoms. The van der Waals surface area contributed by atoms with Crippen LogP contribution in [0.5, 0.6) is 0 Å². The number of hydrogen-bond donors (Lipinski definition) is 2. The van der Waals surface area contributed by atoms with Crippen molar-refractivity contribution >= 4 is 11.6 Å². The van der Waals surface area contributed by atoms with Gasteiger partial charge in [0.25, 0.3) is 0 Å². The van der Waals surface area contributed by atoms with E-state index in [4.69, 9.17) is 0 Å². The summed E-state index contributed by atoms with van der Waals surface area (Å²) in [4.78, 5) is 16.0. The largest absolute Gasteiger partial charge is 0.337 e. The minimum absolute atomic E-state index is 0.0523. The molecule has 0 fully saturated rings. The molecule has 0 unspecified atom stereocenters. The van der Waals surface area contributed by atoms with E-state index in [1.807, 2.05) is 49.0 Å². The van der Waals surface area contributed by atoms with Crippen LogP contribution in [0.25, 0.3) is 0 Å². The molecule has 0 aliphatic carbocycles. The number of aryl methyl sites for hydroxylation is 2. The second-order valence-corrected chi connectivity index (χ2v) is 4.42. The zero-order valence-electron chi connectivity index (χ0n) is 11.2. The molecule has 100 valence electrons. The lowest BCUT2D eigenvalue weighted by Gasteiger charge is -2.08. The molecule has 1 heterocycles. The van der Waals surface area contributed by atoms with Crippen LogP contribution in [-0.2, 0) is 18.4 Å². The van der Waals surface area contributed by atoms with Gasteiger partial charge < -0.3 is 15.2 Å². The van der Waals surface area contributed by atoms with Crippen molar-refractivity contribution in [1.82, 2.24) is 14.9 Å². The summed E-state index contributed by atoms with van der Waals surface area (Å²) in [6.45, 7) is 2.81. The van der Waals surface area contributed by atoms with E-state index in [-0.39, 0.29) is 12.5 Å². The van der Waals surface area contributed by atoms with Gasteiger partial charge in [0, 0.05) is 25.1 Å². The first-order chi connectivity index (χ1) is 9.16. The molecule has 2 N–H and O–H groups in total. The van der Waals surface area contributed by atoms with Crippen LogP contribution in [0.15, 0.2) is 36.7 Å². The van der Waals surface area contributed by atoms with Crippen LogP contribution < -0.4 is 10.6 Å². The zero-order chi connectivity index (χ0) is 13.7. The van der Waals surface area contributed by atoms with Gasteiger partial charge in [0.2, 0.25) is 5.91 Å². The molecule has 0 spiro atoms. The molecule has 5 heteroatoms. The Morgan fingerprint density at radius 3 is 2.84 bits per heavy atom. The van der Waals surface area contributed by atoms with Gasteiger partial charge in [-0.25, -0.2) is 4.98 Å². The number of amides is 1. The van der Waals surface area contributed by atoms with Crippen molar-refractivity contribution < 1.29 is 4.79 Å². The molecule has 19 heavy (non-hydrogen) atoms. The van der Waals surface area contributed by atoms with E-state index in [0.29, 0.717) is 6.54 Å². The third kappa shape index (κ3) is 3.66. The van der Waals surface area contributed by atoms with Crippen LogP contribution in [0.3, 0.4) is 0 Å². The standard InChI is InChI=1S/C14H18N4O/c1-11-5-3-4-6-12(11)17-14(19)10-15-9-13-16-7-8-18(13)2/h3-8,15H,9-10H2,1-2H3,(H,17,19). The normalized spacial score (nSPS) is 10.4. The van der Waals surface area contributed by atoms with Gasteiger partial charge in [-0.05, 0) is 18.6 Å². The van der Waals surface area contributed by atoms with Crippen LogP contribution in [-0.4, -0.2) is 22.0 Å². The van der Waals surface area contributed by atoms with Gasteiger partial charge >= 0.3 is 0 Å². The van der Waals surface area contributed by atoms with Gasteiger partial charge in [0.05, 0.1) is 13.1 Å². The van der Waals surface area contributed by atoms with Crippen molar-refractivity contribution in [1.29, 1.82) is 0 Å². The van der Waals surface area contributed by atoms with Gasteiger partial charge in [-0.15, -0.1) is 0 Å². The molecule has 0 saturated carbocycles. The second-order valence-electron chi connectivity index (χ2n) is 4.42. The maximum Gasteiger partial charge on any atom is 0.238 e. The van der Waals surface area contributed by atoms with Gasteiger partial charge in [0.1, 0.15) is 5.82 Å². The molecule has 2 rings (SSSR count). The van der Waals surface area contributed by atoms with Crippen LogP contribution in [0.2, 0.25) is 0 Å². The lowest BCUT2D eigenvalue weighted by atomic mass is 10.2. The molecular weight excluding hydrogens is 240 g/mol. The average molecular weight is 258 g/mol. The number of aromatic nitrogens is 2. The molecule has 0 aliphatic rings. The monoisotopic (exact) mass is 258 g/mol.